The molecule has 0 aliphatic carbocycles. The summed E-state index contributed by atoms with van der Waals surface area (Å²) in [7, 11) is -3.72. The van der Waals surface area contributed by atoms with Gasteiger partial charge in [0.1, 0.15) is 11.6 Å². The summed E-state index contributed by atoms with van der Waals surface area (Å²) in [6, 6.07) is 19.1. The third kappa shape index (κ3) is 6.18. The minimum atomic E-state index is -3.72. The van der Waals surface area contributed by atoms with Crippen molar-refractivity contribution >= 4 is 26.3 Å². The van der Waals surface area contributed by atoms with E-state index in [2.05, 4.69) is 34.1 Å². The Labute approximate surface area is 228 Å². The van der Waals surface area contributed by atoms with E-state index in [1.54, 1.807) is 0 Å². The molecule has 2 aliphatic rings. The van der Waals surface area contributed by atoms with Crippen molar-refractivity contribution in [1.29, 1.82) is 0 Å². The molecule has 3 aromatic rings. The van der Waals surface area contributed by atoms with Crippen LogP contribution in [0.4, 0.5) is 8.78 Å². The normalized spacial score (nSPS) is 17.7. The molecule has 0 spiro atoms. The van der Waals surface area contributed by atoms with Gasteiger partial charge >= 0.3 is 0 Å². The first kappa shape index (κ1) is 27.0. The summed E-state index contributed by atoms with van der Waals surface area (Å²) in [5.74, 6) is -1.61. The molecule has 0 aromatic heterocycles. The van der Waals surface area contributed by atoms with Gasteiger partial charge in [-0.15, -0.1) is 0 Å². The van der Waals surface area contributed by atoms with Crippen LogP contribution in [0, 0.1) is 11.6 Å². The highest BCUT2D eigenvalue weighted by Crippen LogP contribution is 2.39. The van der Waals surface area contributed by atoms with Gasteiger partial charge in [-0.25, -0.2) is 17.2 Å². The van der Waals surface area contributed by atoms with E-state index >= 15 is 0 Å². The fourth-order valence-corrected chi connectivity index (χ4v) is 6.90. The molecule has 0 amide bonds. The van der Waals surface area contributed by atoms with Crippen LogP contribution in [-0.2, 0) is 16.4 Å². The number of likely N-dealkylation sites (tertiary alicyclic amines) is 2. The average molecular weight is 557 g/mol. The number of hydrogen-bond acceptors (Lipinski definition) is 4. The van der Waals surface area contributed by atoms with Gasteiger partial charge < -0.3 is 0 Å². The van der Waals surface area contributed by atoms with Crippen molar-refractivity contribution in [2.24, 2.45) is 0 Å². The first-order chi connectivity index (χ1) is 18.2. The molecule has 1 atom stereocenters. The summed E-state index contributed by atoms with van der Waals surface area (Å²) in [4.78, 5) is 4.65. The van der Waals surface area contributed by atoms with E-state index in [1.165, 1.54) is 24.8 Å². The lowest BCUT2D eigenvalue weighted by Gasteiger charge is -2.42. The highest BCUT2D eigenvalue weighted by atomic mass is 35.5. The van der Waals surface area contributed by atoms with E-state index < -0.39 is 21.5 Å². The molecule has 5 rings (SSSR count). The quantitative estimate of drug-likeness (QED) is 0.335. The molecule has 2 aliphatic heterocycles. The monoisotopic (exact) mass is 556 g/mol. The number of piperidine rings is 1. The molecule has 8 heteroatoms. The molecule has 1 unspecified atom stereocenters. The van der Waals surface area contributed by atoms with Crippen LogP contribution >= 0.6 is 11.6 Å². The molecule has 0 N–H and O–H groups in total. The molecule has 0 bridgehead atoms. The lowest BCUT2D eigenvalue weighted by atomic mass is 9.91. The van der Waals surface area contributed by atoms with Gasteiger partial charge in [0.2, 0.25) is 0 Å². The largest absolute Gasteiger partial charge is 0.299 e. The first-order valence-corrected chi connectivity index (χ1v) is 15.1. The van der Waals surface area contributed by atoms with Gasteiger partial charge in [-0.05, 0) is 78.0 Å². The minimum Gasteiger partial charge on any atom is -0.299 e. The zero-order valence-electron chi connectivity index (χ0n) is 21.3. The third-order valence-corrected chi connectivity index (χ3v) is 8.82. The zero-order valence-corrected chi connectivity index (χ0v) is 22.9. The van der Waals surface area contributed by atoms with Crippen LogP contribution < -0.4 is 0 Å². The van der Waals surface area contributed by atoms with Gasteiger partial charge in [0.05, 0.1) is 10.9 Å². The highest BCUT2D eigenvalue weighted by Gasteiger charge is 2.35. The Hall–Kier alpha value is -2.58. The smallest absolute Gasteiger partial charge is 0.176 e. The minimum absolute atomic E-state index is 0.00103. The van der Waals surface area contributed by atoms with Crippen LogP contribution in [0.25, 0.3) is 4.91 Å². The van der Waals surface area contributed by atoms with Crippen LogP contribution in [0.5, 0.6) is 0 Å². The molecule has 2 fully saturated rings. The Bertz CT molecular complexity index is 1410. The maximum absolute atomic E-state index is 13.9. The Balaban J connectivity index is 1.44. The zero-order chi connectivity index (χ0) is 26.9. The predicted molar refractivity (Wildman–Crippen MR) is 149 cm³/mol. The van der Waals surface area contributed by atoms with Gasteiger partial charge in [0.25, 0.3) is 0 Å². The van der Waals surface area contributed by atoms with Crippen LogP contribution in [0.3, 0.4) is 0 Å². The molecule has 200 valence electrons. The fourth-order valence-electron chi connectivity index (χ4n) is 5.58. The summed E-state index contributed by atoms with van der Waals surface area (Å²) in [5, 5.41) is 0.640. The van der Waals surface area contributed by atoms with Crippen LogP contribution in [0.15, 0.2) is 72.3 Å². The van der Waals surface area contributed by atoms with Gasteiger partial charge in [-0.2, -0.15) is 0 Å². The highest BCUT2D eigenvalue weighted by molar-refractivity contribution is 8.00. The van der Waals surface area contributed by atoms with E-state index in [9.17, 15) is 17.2 Å². The molecule has 2 saturated heterocycles. The first-order valence-electron chi connectivity index (χ1n) is 12.9. The number of sulfone groups is 1. The molecule has 2 heterocycles. The van der Waals surface area contributed by atoms with Crippen LogP contribution in [0.1, 0.15) is 47.6 Å². The second-order valence-electron chi connectivity index (χ2n) is 10.3. The van der Waals surface area contributed by atoms with Crippen molar-refractivity contribution in [1.82, 2.24) is 9.80 Å². The molecule has 4 nitrogen and oxygen atoms in total. The third-order valence-electron chi connectivity index (χ3n) is 7.31. The summed E-state index contributed by atoms with van der Waals surface area (Å²) >= 11 is 6.16. The van der Waals surface area contributed by atoms with Crippen molar-refractivity contribution in [3.63, 3.8) is 0 Å². The molecular formula is C30H31ClF2N2O2S. The topological polar surface area (TPSA) is 40.6 Å². The number of rotatable bonds is 7. The van der Waals surface area contributed by atoms with E-state index in [1.807, 2.05) is 24.3 Å². The molecule has 0 saturated carbocycles. The van der Waals surface area contributed by atoms with Crippen molar-refractivity contribution in [2.75, 3.05) is 32.4 Å². The molecular weight excluding hydrogens is 526 g/mol. The summed E-state index contributed by atoms with van der Waals surface area (Å²) in [5.41, 5.74) is 4.08. The Morgan fingerprint density at radius 1 is 0.868 bits per heavy atom. The second-order valence-corrected chi connectivity index (χ2v) is 12.7. The standard InChI is InChI=1S/C30H31ClF2N2O2S/c1-38(36,37)30(24-15-27(32)17-28(33)16-24)25-19-35(20-25)29(23-9-11-26(31)12-10-23)22-7-5-21(6-8-22)18-34-13-3-2-4-14-34/h5-12,15-17,29H,2-4,13-14,18-20H2,1H3. The van der Waals surface area contributed by atoms with Gasteiger partial charge in [0.15, 0.2) is 9.84 Å². The number of benzene rings is 3. The van der Waals surface area contributed by atoms with Crippen molar-refractivity contribution in [3.05, 3.63) is 111 Å². The summed E-state index contributed by atoms with van der Waals surface area (Å²) in [6.45, 7) is 3.93. The SMILES string of the molecule is CS(=O)(=O)C(=C1CN(C(c2ccc(Cl)cc2)c2ccc(CN3CCCCC3)cc2)C1)c1cc(F)cc(F)c1. The molecule has 38 heavy (non-hydrogen) atoms. The van der Waals surface area contributed by atoms with Crippen molar-refractivity contribution < 1.29 is 17.2 Å². The van der Waals surface area contributed by atoms with E-state index in [-0.39, 0.29) is 16.5 Å². The van der Waals surface area contributed by atoms with Crippen LogP contribution in [-0.4, -0.2) is 50.7 Å². The van der Waals surface area contributed by atoms with Gasteiger partial charge in [-0.3, -0.25) is 9.80 Å². The number of nitrogens with zero attached hydrogens (tertiary/aromatic N) is 2. The Kier molecular flexibility index (Phi) is 8.00. The maximum Gasteiger partial charge on any atom is 0.176 e. The van der Waals surface area contributed by atoms with Gasteiger partial charge in [0, 0.05) is 37.0 Å². The van der Waals surface area contributed by atoms with E-state index in [0.717, 1.165) is 55.2 Å². The lowest BCUT2D eigenvalue weighted by Crippen LogP contribution is -2.44. The van der Waals surface area contributed by atoms with E-state index in [4.69, 9.17) is 11.6 Å². The Morgan fingerprint density at radius 3 is 1.97 bits per heavy atom. The predicted octanol–water partition coefficient (Wildman–Crippen LogP) is 6.47. The van der Waals surface area contributed by atoms with Crippen molar-refractivity contribution in [2.45, 2.75) is 31.8 Å². The average Bonchev–Trinajstić information content (AvgIpc) is 2.84. The second kappa shape index (κ2) is 11.3. The Morgan fingerprint density at radius 2 is 1.42 bits per heavy atom. The maximum atomic E-state index is 13.9. The summed E-state index contributed by atoms with van der Waals surface area (Å²) < 4.78 is 53.3. The van der Waals surface area contributed by atoms with E-state index in [0.29, 0.717) is 23.7 Å². The molecule has 0 radical (unpaired) electrons. The lowest BCUT2D eigenvalue weighted by molar-refractivity contribution is 0.203. The van der Waals surface area contributed by atoms with Crippen LogP contribution in [0.2, 0.25) is 5.02 Å². The number of halogens is 3. The van der Waals surface area contributed by atoms with Crippen molar-refractivity contribution in [3.8, 4) is 0 Å². The molecule has 3 aromatic carbocycles. The summed E-state index contributed by atoms with van der Waals surface area (Å²) in [6.07, 6.45) is 4.89. The number of hydrogen-bond donors (Lipinski definition) is 0. The van der Waals surface area contributed by atoms with Gasteiger partial charge in [-0.1, -0.05) is 54.4 Å². The fraction of sp³-hybridized carbons (Fsp3) is 0.333.